The van der Waals surface area contributed by atoms with E-state index < -0.39 is 0 Å². The highest BCUT2D eigenvalue weighted by Gasteiger charge is 2.18. The standard InChI is InChI=1S/C21H16NO/c23-20(15-22-12-6-1-7-13-22)21-18-10-4-2-8-16(18)14-17-9-3-5-11-19(17)21/h1-14H,15H2/q+1. The predicted octanol–water partition coefficient (Wildman–Crippen LogP) is 4.16. The predicted molar refractivity (Wildman–Crippen MR) is 92.4 cm³/mol. The Balaban J connectivity index is 1.94. The van der Waals surface area contributed by atoms with E-state index in [9.17, 15) is 4.79 Å². The zero-order chi connectivity index (χ0) is 15.6. The van der Waals surface area contributed by atoms with Crippen molar-refractivity contribution in [3.05, 3.63) is 90.8 Å². The largest absolute Gasteiger partial charge is 0.287 e. The van der Waals surface area contributed by atoms with Crippen molar-refractivity contribution in [1.82, 2.24) is 0 Å². The summed E-state index contributed by atoms with van der Waals surface area (Å²) in [6.07, 6.45) is 3.84. The maximum absolute atomic E-state index is 13.0. The van der Waals surface area contributed by atoms with Gasteiger partial charge in [-0.3, -0.25) is 4.79 Å². The number of hydrogen-bond acceptors (Lipinski definition) is 1. The molecule has 4 rings (SSSR count). The lowest BCUT2D eigenvalue weighted by Gasteiger charge is -2.09. The molecule has 23 heavy (non-hydrogen) atoms. The molecule has 0 bridgehead atoms. The summed E-state index contributed by atoms with van der Waals surface area (Å²) >= 11 is 0. The van der Waals surface area contributed by atoms with Gasteiger partial charge in [-0.05, 0) is 27.6 Å². The molecule has 2 nitrogen and oxygen atoms in total. The Labute approximate surface area is 134 Å². The van der Waals surface area contributed by atoms with Crippen LogP contribution in [-0.4, -0.2) is 5.78 Å². The minimum absolute atomic E-state index is 0.134. The van der Waals surface area contributed by atoms with Crippen LogP contribution in [0.3, 0.4) is 0 Å². The fourth-order valence-electron chi connectivity index (χ4n) is 3.10. The number of rotatable bonds is 3. The molecule has 0 atom stereocenters. The van der Waals surface area contributed by atoms with Gasteiger partial charge in [-0.2, -0.15) is 4.57 Å². The molecule has 1 heterocycles. The Bertz CT molecular complexity index is 952. The molecule has 2 heteroatoms. The summed E-state index contributed by atoms with van der Waals surface area (Å²) in [6.45, 7) is 0.346. The van der Waals surface area contributed by atoms with Crippen LogP contribution in [0, 0.1) is 0 Å². The molecule has 0 saturated carbocycles. The maximum atomic E-state index is 13.0. The van der Waals surface area contributed by atoms with Crippen molar-refractivity contribution in [2.75, 3.05) is 0 Å². The summed E-state index contributed by atoms with van der Waals surface area (Å²) in [7, 11) is 0. The molecule has 1 aromatic heterocycles. The number of pyridine rings is 1. The molecule has 0 saturated heterocycles. The lowest BCUT2D eigenvalue weighted by Crippen LogP contribution is -2.36. The molecule has 0 spiro atoms. The molecular weight excluding hydrogens is 282 g/mol. The van der Waals surface area contributed by atoms with Crippen LogP contribution in [0.2, 0.25) is 0 Å². The first-order valence-corrected chi connectivity index (χ1v) is 7.71. The second kappa shape index (κ2) is 5.65. The molecule has 4 aromatic rings. The third-order valence-electron chi connectivity index (χ3n) is 4.15. The summed E-state index contributed by atoms with van der Waals surface area (Å²) in [5.74, 6) is 0.134. The number of ketones is 1. The van der Waals surface area contributed by atoms with E-state index in [2.05, 4.69) is 18.2 Å². The molecule has 0 fully saturated rings. The van der Waals surface area contributed by atoms with Gasteiger partial charge in [0.2, 0.25) is 12.3 Å². The van der Waals surface area contributed by atoms with Crippen LogP contribution < -0.4 is 4.57 Å². The van der Waals surface area contributed by atoms with Crippen LogP contribution in [0.4, 0.5) is 0 Å². The molecule has 110 valence electrons. The zero-order valence-corrected chi connectivity index (χ0v) is 12.6. The van der Waals surface area contributed by atoms with Crippen molar-refractivity contribution in [3.63, 3.8) is 0 Å². The van der Waals surface area contributed by atoms with Crippen molar-refractivity contribution < 1.29 is 9.36 Å². The van der Waals surface area contributed by atoms with Gasteiger partial charge >= 0.3 is 0 Å². The average molecular weight is 298 g/mol. The van der Waals surface area contributed by atoms with Gasteiger partial charge in [0.1, 0.15) is 0 Å². The number of benzene rings is 3. The first kappa shape index (κ1) is 13.6. The molecule has 3 aromatic carbocycles. The highest BCUT2D eigenvalue weighted by atomic mass is 16.1. The summed E-state index contributed by atoms with van der Waals surface area (Å²) in [6, 6.07) is 24.2. The van der Waals surface area contributed by atoms with Gasteiger partial charge in [0, 0.05) is 17.7 Å². The van der Waals surface area contributed by atoms with Gasteiger partial charge in [0.25, 0.3) is 0 Å². The number of aromatic nitrogens is 1. The molecule has 0 aliphatic carbocycles. The van der Waals surface area contributed by atoms with Gasteiger partial charge in [0.05, 0.1) is 0 Å². The molecule has 0 unspecified atom stereocenters. The van der Waals surface area contributed by atoms with E-state index in [0.29, 0.717) is 6.54 Å². The molecule has 0 N–H and O–H groups in total. The zero-order valence-electron chi connectivity index (χ0n) is 12.6. The smallest absolute Gasteiger partial charge is 0.228 e. The van der Waals surface area contributed by atoms with Gasteiger partial charge < -0.3 is 0 Å². The summed E-state index contributed by atoms with van der Waals surface area (Å²) < 4.78 is 1.92. The van der Waals surface area contributed by atoms with Crippen LogP contribution in [-0.2, 0) is 6.54 Å². The number of Topliss-reactive ketones (excluding diaryl/α,β-unsaturated/α-hetero) is 1. The Morgan fingerprint density at radius 3 is 1.91 bits per heavy atom. The second-order valence-corrected chi connectivity index (χ2v) is 5.66. The number of fused-ring (bicyclic) bond motifs is 2. The van der Waals surface area contributed by atoms with Gasteiger partial charge in [-0.25, -0.2) is 0 Å². The Morgan fingerprint density at radius 1 is 0.739 bits per heavy atom. The van der Waals surface area contributed by atoms with E-state index in [1.807, 2.05) is 71.6 Å². The van der Waals surface area contributed by atoms with Crippen molar-refractivity contribution >= 4 is 27.3 Å². The molecule has 0 aliphatic rings. The lowest BCUT2D eigenvalue weighted by molar-refractivity contribution is -0.683. The minimum atomic E-state index is 0.134. The third kappa shape index (κ3) is 2.49. The van der Waals surface area contributed by atoms with Crippen molar-refractivity contribution in [1.29, 1.82) is 0 Å². The third-order valence-corrected chi connectivity index (χ3v) is 4.15. The highest BCUT2D eigenvalue weighted by molar-refractivity contribution is 6.18. The van der Waals surface area contributed by atoms with E-state index in [0.717, 1.165) is 27.1 Å². The molecule has 0 radical (unpaired) electrons. The Morgan fingerprint density at radius 2 is 1.30 bits per heavy atom. The van der Waals surface area contributed by atoms with E-state index in [4.69, 9.17) is 0 Å². The quantitative estimate of drug-likeness (QED) is 0.316. The molecule has 0 amide bonds. The number of carbonyl (C=O) groups excluding carboxylic acids is 1. The summed E-state index contributed by atoms with van der Waals surface area (Å²) in [4.78, 5) is 13.0. The molecular formula is C21H16NO+. The second-order valence-electron chi connectivity index (χ2n) is 5.66. The van der Waals surface area contributed by atoms with E-state index in [-0.39, 0.29) is 5.78 Å². The fourth-order valence-corrected chi connectivity index (χ4v) is 3.10. The minimum Gasteiger partial charge on any atom is -0.287 e. The van der Waals surface area contributed by atoms with E-state index >= 15 is 0 Å². The van der Waals surface area contributed by atoms with Crippen LogP contribution in [0.1, 0.15) is 10.4 Å². The van der Waals surface area contributed by atoms with Crippen LogP contribution in [0.5, 0.6) is 0 Å². The highest BCUT2D eigenvalue weighted by Crippen LogP contribution is 2.28. The lowest BCUT2D eigenvalue weighted by atomic mass is 9.94. The first-order valence-electron chi connectivity index (χ1n) is 7.71. The van der Waals surface area contributed by atoms with Crippen LogP contribution >= 0.6 is 0 Å². The van der Waals surface area contributed by atoms with E-state index in [1.54, 1.807) is 0 Å². The van der Waals surface area contributed by atoms with Crippen molar-refractivity contribution in [3.8, 4) is 0 Å². The van der Waals surface area contributed by atoms with Gasteiger partial charge in [-0.1, -0.05) is 54.6 Å². The fraction of sp³-hybridized carbons (Fsp3) is 0.0476. The first-order chi connectivity index (χ1) is 11.3. The van der Waals surface area contributed by atoms with Crippen LogP contribution in [0.25, 0.3) is 21.5 Å². The monoisotopic (exact) mass is 298 g/mol. The molecule has 0 aliphatic heterocycles. The maximum Gasteiger partial charge on any atom is 0.228 e. The summed E-state index contributed by atoms with van der Waals surface area (Å²) in [5.41, 5.74) is 0.815. The van der Waals surface area contributed by atoms with Gasteiger partial charge in [0.15, 0.2) is 12.4 Å². The number of hydrogen-bond donors (Lipinski definition) is 0. The Kier molecular flexibility index (Phi) is 3.35. The van der Waals surface area contributed by atoms with Crippen molar-refractivity contribution in [2.24, 2.45) is 0 Å². The average Bonchev–Trinajstić information content (AvgIpc) is 2.60. The van der Waals surface area contributed by atoms with Gasteiger partial charge in [-0.15, -0.1) is 0 Å². The normalized spacial score (nSPS) is 11.0. The number of nitrogens with zero attached hydrogens (tertiary/aromatic N) is 1. The Hall–Kier alpha value is -3.00. The number of carbonyl (C=O) groups is 1. The van der Waals surface area contributed by atoms with Crippen LogP contribution in [0.15, 0.2) is 85.2 Å². The van der Waals surface area contributed by atoms with E-state index in [1.165, 1.54) is 0 Å². The SMILES string of the molecule is O=C(C[n+]1ccccc1)c1c2ccccc2cc2ccccc12. The topological polar surface area (TPSA) is 20.9 Å². The van der Waals surface area contributed by atoms with Crippen molar-refractivity contribution in [2.45, 2.75) is 6.54 Å². The summed E-state index contributed by atoms with van der Waals surface area (Å²) in [5, 5.41) is 4.25.